The zero-order valence-electron chi connectivity index (χ0n) is 15.8. The third-order valence-electron chi connectivity index (χ3n) is 6.53. The van der Waals surface area contributed by atoms with Crippen molar-refractivity contribution in [3.63, 3.8) is 0 Å². The number of carbonyl (C=O) groups excluding carboxylic acids is 1. The van der Waals surface area contributed by atoms with Gasteiger partial charge in [-0.05, 0) is 44.5 Å². The van der Waals surface area contributed by atoms with Crippen LogP contribution in [0.25, 0.3) is 11.0 Å². The van der Waals surface area contributed by atoms with E-state index in [0.717, 1.165) is 68.6 Å². The summed E-state index contributed by atoms with van der Waals surface area (Å²) in [4.78, 5) is 17.4. The minimum absolute atomic E-state index is 0.0000624. The average Bonchev–Trinajstić information content (AvgIpc) is 3.32. The molecule has 1 amide bonds. The number of aromatic nitrogens is 1. The van der Waals surface area contributed by atoms with Crippen LogP contribution in [0, 0.1) is 5.92 Å². The normalized spacial score (nSPS) is 29.5. The van der Waals surface area contributed by atoms with E-state index in [9.17, 15) is 4.79 Å². The Bertz CT molecular complexity index is 850. The fraction of sp³-hybridized carbons (Fsp3) is 0.600. The van der Waals surface area contributed by atoms with Gasteiger partial charge in [0.2, 0.25) is 5.91 Å². The summed E-state index contributed by atoms with van der Waals surface area (Å²) in [6.45, 7) is 4.70. The van der Waals surface area contributed by atoms with E-state index in [2.05, 4.69) is 42.9 Å². The van der Waals surface area contributed by atoms with Crippen molar-refractivity contribution in [2.45, 2.75) is 36.2 Å². The summed E-state index contributed by atoms with van der Waals surface area (Å²) in [6.07, 6.45) is 3.19. The van der Waals surface area contributed by atoms with Gasteiger partial charge in [0.1, 0.15) is 0 Å². The maximum absolute atomic E-state index is 12.8. The monoisotopic (exact) mass is 447 g/mol. The van der Waals surface area contributed by atoms with Crippen LogP contribution < -0.4 is 10.9 Å². The lowest BCUT2D eigenvalue weighted by Crippen LogP contribution is -2.52. The highest BCUT2D eigenvalue weighted by Gasteiger charge is 2.44. The van der Waals surface area contributed by atoms with Crippen LogP contribution in [0.15, 0.2) is 28.8 Å². The van der Waals surface area contributed by atoms with E-state index in [1.165, 1.54) is 0 Å². The molecule has 0 saturated carbocycles. The molecule has 2 aromatic rings. The van der Waals surface area contributed by atoms with E-state index >= 15 is 0 Å². The number of rotatable bonds is 4. The summed E-state index contributed by atoms with van der Waals surface area (Å²) in [6, 6.07) is 8.37. The van der Waals surface area contributed by atoms with E-state index in [0.29, 0.717) is 5.92 Å². The largest absolute Gasteiger partial charge is 0.356 e. The quantitative estimate of drug-likeness (QED) is 0.551. The number of halogens is 1. The standard InChI is InChI=1S/C20H26BrN5O2/c21-19-17-15(22-23-19)7-10-26(20(17)27)12-11-25-8-5-13(6-9-25)18-14-3-1-2-4-16(14)28-24-18/h1-4,13,15,17,19,22-23H,5-12H2. The molecule has 8 heteroatoms. The molecule has 7 nitrogen and oxygen atoms in total. The molecule has 0 spiro atoms. The molecule has 0 bridgehead atoms. The molecular weight excluding hydrogens is 422 g/mol. The van der Waals surface area contributed by atoms with Gasteiger partial charge >= 0.3 is 0 Å². The first-order valence-corrected chi connectivity index (χ1v) is 11.1. The Labute approximate surface area is 172 Å². The topological polar surface area (TPSA) is 73.6 Å². The van der Waals surface area contributed by atoms with Gasteiger partial charge in [-0.25, -0.2) is 5.43 Å². The maximum atomic E-state index is 12.8. The number of fused-ring (bicyclic) bond motifs is 2. The van der Waals surface area contributed by atoms with Crippen LogP contribution in [0.1, 0.15) is 30.9 Å². The summed E-state index contributed by atoms with van der Waals surface area (Å²) in [5.74, 6) is 0.724. The molecule has 1 aromatic heterocycles. The highest BCUT2D eigenvalue weighted by molar-refractivity contribution is 9.09. The lowest BCUT2D eigenvalue weighted by molar-refractivity contribution is -0.138. The van der Waals surface area contributed by atoms with Crippen molar-refractivity contribution in [1.82, 2.24) is 25.8 Å². The minimum Gasteiger partial charge on any atom is -0.356 e. The van der Waals surface area contributed by atoms with Crippen molar-refractivity contribution < 1.29 is 9.32 Å². The molecule has 3 atom stereocenters. The molecule has 3 aliphatic rings. The second-order valence-electron chi connectivity index (χ2n) is 8.12. The van der Waals surface area contributed by atoms with Crippen molar-refractivity contribution in [3.8, 4) is 0 Å². The van der Waals surface area contributed by atoms with Gasteiger partial charge in [0.15, 0.2) is 5.58 Å². The van der Waals surface area contributed by atoms with E-state index in [1.807, 2.05) is 23.1 Å². The van der Waals surface area contributed by atoms with Crippen LogP contribution >= 0.6 is 15.9 Å². The zero-order chi connectivity index (χ0) is 19.1. The summed E-state index contributed by atoms with van der Waals surface area (Å²) >= 11 is 3.57. The number of hydrogen-bond acceptors (Lipinski definition) is 6. The van der Waals surface area contributed by atoms with Crippen LogP contribution in [-0.2, 0) is 4.79 Å². The van der Waals surface area contributed by atoms with Gasteiger partial charge in [0.05, 0.1) is 16.6 Å². The van der Waals surface area contributed by atoms with Gasteiger partial charge in [0.25, 0.3) is 0 Å². The Morgan fingerprint density at radius 2 is 1.93 bits per heavy atom. The first-order chi connectivity index (χ1) is 13.7. The number of alkyl halides is 1. The number of para-hydroxylation sites is 1. The van der Waals surface area contributed by atoms with Crippen LogP contribution in [0.3, 0.4) is 0 Å². The minimum atomic E-state index is -0.0000624. The van der Waals surface area contributed by atoms with Crippen molar-refractivity contribution in [2.24, 2.45) is 5.92 Å². The summed E-state index contributed by atoms with van der Waals surface area (Å²) < 4.78 is 5.49. The fourth-order valence-corrected chi connectivity index (χ4v) is 5.58. The Kier molecular flexibility index (Phi) is 5.13. The van der Waals surface area contributed by atoms with Gasteiger partial charge in [-0.1, -0.05) is 33.2 Å². The van der Waals surface area contributed by atoms with Crippen LogP contribution in [0.5, 0.6) is 0 Å². The molecule has 2 N–H and O–H groups in total. The lowest BCUT2D eigenvalue weighted by atomic mass is 9.91. The molecule has 3 fully saturated rings. The summed E-state index contributed by atoms with van der Waals surface area (Å²) in [5.41, 5.74) is 8.36. The van der Waals surface area contributed by atoms with Crippen LogP contribution in [0.4, 0.5) is 0 Å². The van der Waals surface area contributed by atoms with E-state index in [1.54, 1.807) is 0 Å². The fourth-order valence-electron chi connectivity index (χ4n) is 4.85. The van der Waals surface area contributed by atoms with E-state index in [-0.39, 0.29) is 22.8 Å². The van der Waals surface area contributed by atoms with E-state index < -0.39 is 0 Å². The Hall–Kier alpha value is -1.48. The number of piperidine rings is 2. The van der Waals surface area contributed by atoms with Crippen molar-refractivity contribution >= 4 is 32.8 Å². The second-order valence-corrected chi connectivity index (χ2v) is 9.10. The van der Waals surface area contributed by atoms with E-state index in [4.69, 9.17) is 4.52 Å². The van der Waals surface area contributed by atoms with Crippen molar-refractivity contribution in [3.05, 3.63) is 30.0 Å². The zero-order valence-corrected chi connectivity index (χ0v) is 17.4. The molecule has 0 aliphatic carbocycles. The second kappa shape index (κ2) is 7.74. The summed E-state index contributed by atoms with van der Waals surface area (Å²) in [7, 11) is 0. The third kappa shape index (κ3) is 3.36. The Balaban J connectivity index is 1.14. The molecule has 28 heavy (non-hydrogen) atoms. The number of nitrogens with one attached hydrogen (secondary N) is 2. The number of nitrogens with zero attached hydrogens (tertiary/aromatic N) is 3. The number of carbonyl (C=O) groups is 1. The van der Waals surface area contributed by atoms with Crippen molar-refractivity contribution in [2.75, 3.05) is 32.7 Å². The Morgan fingerprint density at radius 3 is 2.79 bits per heavy atom. The summed E-state index contributed by atoms with van der Waals surface area (Å²) in [5, 5.41) is 5.50. The van der Waals surface area contributed by atoms with Gasteiger partial charge in [-0.2, -0.15) is 0 Å². The molecule has 3 aliphatic heterocycles. The number of benzene rings is 1. The van der Waals surface area contributed by atoms with Gasteiger partial charge in [0, 0.05) is 37.0 Å². The SMILES string of the molecule is O=C1C2C(Br)NNC2CCN1CCN1CCC(c2noc3ccccc23)CC1. The lowest BCUT2D eigenvalue weighted by Gasteiger charge is -2.37. The van der Waals surface area contributed by atoms with Gasteiger partial charge in [-0.15, -0.1) is 0 Å². The molecule has 3 saturated heterocycles. The smallest absolute Gasteiger partial charge is 0.229 e. The number of likely N-dealkylation sites (tertiary alicyclic amines) is 2. The first-order valence-electron chi connectivity index (χ1n) is 10.2. The maximum Gasteiger partial charge on any atom is 0.229 e. The average molecular weight is 448 g/mol. The molecule has 1 aromatic carbocycles. The van der Waals surface area contributed by atoms with Crippen molar-refractivity contribution in [1.29, 1.82) is 0 Å². The first kappa shape index (κ1) is 18.5. The molecule has 5 rings (SSSR count). The van der Waals surface area contributed by atoms with Crippen LogP contribution in [-0.4, -0.2) is 64.6 Å². The number of hydrazine groups is 1. The highest BCUT2D eigenvalue weighted by Crippen LogP contribution is 2.32. The molecule has 0 radical (unpaired) electrons. The molecule has 4 heterocycles. The number of amides is 1. The molecule has 150 valence electrons. The highest BCUT2D eigenvalue weighted by atomic mass is 79.9. The van der Waals surface area contributed by atoms with Gasteiger partial charge in [-0.3, -0.25) is 10.2 Å². The Morgan fingerprint density at radius 1 is 1.11 bits per heavy atom. The molecular formula is C20H26BrN5O2. The molecule has 3 unspecified atom stereocenters. The predicted octanol–water partition coefficient (Wildman–Crippen LogP) is 2.05. The number of hydrogen-bond donors (Lipinski definition) is 2. The predicted molar refractivity (Wildman–Crippen MR) is 110 cm³/mol. The third-order valence-corrected chi connectivity index (χ3v) is 7.33. The van der Waals surface area contributed by atoms with Gasteiger partial charge < -0.3 is 14.3 Å². The van der Waals surface area contributed by atoms with Crippen LogP contribution in [0.2, 0.25) is 0 Å².